The standard InChI is InChI=1S/C14H26O/c1-2-11-8-9-13(10-11)14(15)12-6-4-3-5-7-12/h11-15H,2-10H2,1H3. The van der Waals surface area contributed by atoms with Crippen LogP contribution in [0.5, 0.6) is 0 Å². The maximum atomic E-state index is 10.4. The van der Waals surface area contributed by atoms with Crippen LogP contribution in [0.3, 0.4) is 0 Å². The minimum absolute atomic E-state index is 0.0295. The van der Waals surface area contributed by atoms with Gasteiger partial charge in [0.2, 0.25) is 0 Å². The first-order valence-electron chi connectivity index (χ1n) is 6.99. The Morgan fingerprint density at radius 2 is 1.73 bits per heavy atom. The van der Waals surface area contributed by atoms with Crippen LogP contribution in [0.1, 0.15) is 64.7 Å². The van der Waals surface area contributed by atoms with Crippen molar-refractivity contribution >= 4 is 0 Å². The first-order valence-corrected chi connectivity index (χ1v) is 6.99. The maximum Gasteiger partial charge on any atom is 0.0596 e. The predicted molar refractivity (Wildman–Crippen MR) is 63.7 cm³/mol. The summed E-state index contributed by atoms with van der Waals surface area (Å²) in [6, 6.07) is 0. The van der Waals surface area contributed by atoms with Gasteiger partial charge >= 0.3 is 0 Å². The minimum atomic E-state index is 0.0295. The fraction of sp³-hybridized carbons (Fsp3) is 1.00. The molecule has 0 aromatic carbocycles. The lowest BCUT2D eigenvalue weighted by atomic mass is 9.79. The summed E-state index contributed by atoms with van der Waals surface area (Å²) in [4.78, 5) is 0. The summed E-state index contributed by atoms with van der Waals surface area (Å²) < 4.78 is 0. The molecular weight excluding hydrogens is 184 g/mol. The molecular formula is C14H26O. The van der Waals surface area contributed by atoms with Crippen LogP contribution < -0.4 is 0 Å². The third-order valence-electron chi connectivity index (χ3n) is 4.77. The van der Waals surface area contributed by atoms with E-state index < -0.39 is 0 Å². The normalized spacial score (nSPS) is 35.6. The molecule has 0 amide bonds. The third kappa shape index (κ3) is 2.75. The fourth-order valence-corrected chi connectivity index (χ4v) is 3.66. The lowest BCUT2D eigenvalue weighted by Gasteiger charge is -2.30. The highest BCUT2D eigenvalue weighted by molar-refractivity contribution is 4.84. The van der Waals surface area contributed by atoms with Crippen molar-refractivity contribution in [2.75, 3.05) is 0 Å². The summed E-state index contributed by atoms with van der Waals surface area (Å²) >= 11 is 0. The van der Waals surface area contributed by atoms with Gasteiger partial charge in [0.1, 0.15) is 0 Å². The molecule has 2 fully saturated rings. The monoisotopic (exact) mass is 210 g/mol. The number of hydrogen-bond acceptors (Lipinski definition) is 1. The second-order valence-corrected chi connectivity index (χ2v) is 5.74. The molecule has 2 aliphatic rings. The highest BCUT2D eigenvalue weighted by atomic mass is 16.3. The van der Waals surface area contributed by atoms with Gasteiger partial charge in [0, 0.05) is 0 Å². The molecule has 15 heavy (non-hydrogen) atoms. The summed E-state index contributed by atoms with van der Waals surface area (Å²) in [6.07, 6.45) is 12.0. The van der Waals surface area contributed by atoms with Gasteiger partial charge in [-0.05, 0) is 43.4 Å². The Kier molecular flexibility index (Phi) is 4.07. The number of rotatable bonds is 3. The van der Waals surface area contributed by atoms with Gasteiger partial charge in [0.25, 0.3) is 0 Å². The molecule has 0 bridgehead atoms. The zero-order valence-corrected chi connectivity index (χ0v) is 10.1. The van der Waals surface area contributed by atoms with Gasteiger partial charge in [0.05, 0.1) is 6.10 Å². The van der Waals surface area contributed by atoms with Crippen molar-refractivity contribution in [2.24, 2.45) is 17.8 Å². The van der Waals surface area contributed by atoms with Gasteiger partial charge in [-0.15, -0.1) is 0 Å². The van der Waals surface area contributed by atoms with Crippen molar-refractivity contribution < 1.29 is 5.11 Å². The molecule has 1 N–H and O–H groups in total. The predicted octanol–water partition coefficient (Wildman–Crippen LogP) is 3.75. The largest absolute Gasteiger partial charge is 0.393 e. The molecule has 2 rings (SSSR count). The van der Waals surface area contributed by atoms with E-state index in [9.17, 15) is 5.11 Å². The van der Waals surface area contributed by atoms with Crippen LogP contribution >= 0.6 is 0 Å². The molecule has 3 atom stereocenters. The smallest absolute Gasteiger partial charge is 0.0596 e. The van der Waals surface area contributed by atoms with Crippen molar-refractivity contribution in [3.8, 4) is 0 Å². The Balaban J connectivity index is 1.82. The Hall–Kier alpha value is -0.0400. The summed E-state index contributed by atoms with van der Waals surface area (Å²) in [5.74, 6) is 2.19. The molecule has 2 aliphatic carbocycles. The van der Waals surface area contributed by atoms with Crippen LogP contribution in [0, 0.1) is 17.8 Å². The molecule has 0 heterocycles. The van der Waals surface area contributed by atoms with Crippen molar-refractivity contribution in [1.29, 1.82) is 0 Å². The summed E-state index contributed by atoms with van der Waals surface area (Å²) in [7, 11) is 0. The zero-order chi connectivity index (χ0) is 10.7. The van der Waals surface area contributed by atoms with Crippen LogP contribution in [0.15, 0.2) is 0 Å². The molecule has 2 saturated carbocycles. The molecule has 3 unspecified atom stereocenters. The van der Waals surface area contributed by atoms with Crippen molar-refractivity contribution in [1.82, 2.24) is 0 Å². The lowest BCUT2D eigenvalue weighted by Crippen LogP contribution is -2.29. The molecule has 0 radical (unpaired) electrons. The first-order chi connectivity index (χ1) is 7.31. The molecule has 0 spiro atoms. The van der Waals surface area contributed by atoms with Gasteiger partial charge in [0.15, 0.2) is 0 Å². The Labute approximate surface area is 94.3 Å². The molecule has 0 aromatic heterocycles. The van der Waals surface area contributed by atoms with Gasteiger partial charge < -0.3 is 5.11 Å². The van der Waals surface area contributed by atoms with E-state index in [-0.39, 0.29) is 6.10 Å². The molecule has 1 heteroatoms. The van der Waals surface area contributed by atoms with Gasteiger partial charge in [-0.25, -0.2) is 0 Å². The van der Waals surface area contributed by atoms with E-state index in [1.165, 1.54) is 57.8 Å². The summed E-state index contributed by atoms with van der Waals surface area (Å²) in [5.41, 5.74) is 0. The lowest BCUT2D eigenvalue weighted by molar-refractivity contribution is 0.0340. The fourth-order valence-electron chi connectivity index (χ4n) is 3.66. The molecule has 0 saturated heterocycles. The van der Waals surface area contributed by atoms with E-state index in [2.05, 4.69) is 6.92 Å². The van der Waals surface area contributed by atoms with Crippen LogP contribution in [0.4, 0.5) is 0 Å². The SMILES string of the molecule is CCC1CCC(C(O)C2CCCCC2)C1. The number of hydrogen-bond donors (Lipinski definition) is 1. The quantitative estimate of drug-likeness (QED) is 0.752. The van der Waals surface area contributed by atoms with Crippen LogP contribution in [0.2, 0.25) is 0 Å². The number of aliphatic hydroxyl groups is 1. The summed E-state index contributed by atoms with van der Waals surface area (Å²) in [6.45, 7) is 2.29. The average Bonchev–Trinajstić information content (AvgIpc) is 2.78. The maximum absolute atomic E-state index is 10.4. The number of aliphatic hydroxyl groups excluding tert-OH is 1. The van der Waals surface area contributed by atoms with Crippen molar-refractivity contribution in [2.45, 2.75) is 70.8 Å². The van der Waals surface area contributed by atoms with Gasteiger partial charge in [-0.3, -0.25) is 0 Å². The van der Waals surface area contributed by atoms with E-state index in [0.29, 0.717) is 11.8 Å². The molecule has 0 aliphatic heterocycles. The van der Waals surface area contributed by atoms with E-state index >= 15 is 0 Å². The highest BCUT2D eigenvalue weighted by Crippen LogP contribution is 2.39. The Morgan fingerprint density at radius 3 is 2.33 bits per heavy atom. The minimum Gasteiger partial charge on any atom is -0.393 e. The first kappa shape index (κ1) is 11.4. The Bertz CT molecular complexity index is 184. The second-order valence-electron chi connectivity index (χ2n) is 5.74. The second kappa shape index (κ2) is 5.34. The van der Waals surface area contributed by atoms with Crippen molar-refractivity contribution in [3.63, 3.8) is 0 Å². The molecule has 0 aromatic rings. The van der Waals surface area contributed by atoms with Crippen LogP contribution in [-0.4, -0.2) is 11.2 Å². The van der Waals surface area contributed by atoms with E-state index in [4.69, 9.17) is 0 Å². The molecule has 88 valence electrons. The van der Waals surface area contributed by atoms with Gasteiger partial charge in [-0.1, -0.05) is 39.0 Å². The third-order valence-corrected chi connectivity index (χ3v) is 4.77. The van der Waals surface area contributed by atoms with Crippen LogP contribution in [-0.2, 0) is 0 Å². The molecule has 1 nitrogen and oxygen atoms in total. The van der Waals surface area contributed by atoms with E-state index in [1.54, 1.807) is 0 Å². The van der Waals surface area contributed by atoms with Crippen molar-refractivity contribution in [3.05, 3.63) is 0 Å². The van der Waals surface area contributed by atoms with E-state index in [1.807, 2.05) is 0 Å². The average molecular weight is 210 g/mol. The van der Waals surface area contributed by atoms with Crippen LogP contribution in [0.25, 0.3) is 0 Å². The summed E-state index contributed by atoms with van der Waals surface area (Å²) in [5, 5.41) is 10.4. The Morgan fingerprint density at radius 1 is 1.00 bits per heavy atom. The topological polar surface area (TPSA) is 20.2 Å². The zero-order valence-electron chi connectivity index (χ0n) is 10.1. The highest BCUT2D eigenvalue weighted by Gasteiger charge is 2.33. The van der Waals surface area contributed by atoms with E-state index in [0.717, 1.165) is 5.92 Å². The van der Waals surface area contributed by atoms with Gasteiger partial charge in [-0.2, -0.15) is 0 Å².